The third-order valence-electron chi connectivity index (χ3n) is 4.82. The van der Waals surface area contributed by atoms with E-state index in [0.717, 1.165) is 29.3 Å². The summed E-state index contributed by atoms with van der Waals surface area (Å²) in [4.78, 5) is 27.1. The monoisotopic (exact) mass is 335 g/mol. The predicted molar refractivity (Wildman–Crippen MR) is 97.7 cm³/mol. The van der Waals surface area contributed by atoms with E-state index in [1.807, 2.05) is 24.3 Å². The van der Waals surface area contributed by atoms with Gasteiger partial charge in [0.1, 0.15) is 12.0 Å². The van der Waals surface area contributed by atoms with Gasteiger partial charge in [0, 0.05) is 18.6 Å². The number of hydrogen-bond donors (Lipinski definition) is 1. The molecular weight excluding hydrogens is 314 g/mol. The van der Waals surface area contributed by atoms with Crippen molar-refractivity contribution in [1.82, 2.24) is 20.2 Å². The number of likely N-dealkylation sites (N-methyl/N-ethyl adjacent to an activating group) is 1. The maximum Gasteiger partial charge on any atom is 0.276 e. The van der Waals surface area contributed by atoms with E-state index in [2.05, 4.69) is 15.3 Å². The number of hydrogen-bond acceptors (Lipinski definition) is 4. The number of benzene rings is 1. The lowest BCUT2D eigenvalue weighted by atomic mass is 9.96. The summed E-state index contributed by atoms with van der Waals surface area (Å²) in [6, 6.07) is 6.19. The van der Waals surface area contributed by atoms with Crippen LogP contribution in [-0.2, 0) is 4.79 Å². The molecule has 1 N–H and O–H groups in total. The van der Waals surface area contributed by atoms with Crippen LogP contribution in [0.2, 0.25) is 0 Å². The Hall–Kier alpha value is -2.76. The second kappa shape index (κ2) is 6.63. The smallest absolute Gasteiger partial charge is 0.276 e. The lowest BCUT2D eigenvalue weighted by Crippen LogP contribution is -2.30. The van der Waals surface area contributed by atoms with E-state index in [1.54, 1.807) is 18.1 Å². The summed E-state index contributed by atoms with van der Waals surface area (Å²) < 4.78 is 0. The molecule has 1 aromatic carbocycles. The Labute approximate surface area is 146 Å². The first-order chi connectivity index (χ1) is 12.2. The van der Waals surface area contributed by atoms with E-state index in [4.69, 9.17) is 4.99 Å². The Kier molecular flexibility index (Phi) is 4.17. The molecule has 2 heterocycles. The van der Waals surface area contributed by atoms with Gasteiger partial charge >= 0.3 is 0 Å². The van der Waals surface area contributed by atoms with Gasteiger partial charge < -0.3 is 5.32 Å². The van der Waals surface area contributed by atoms with E-state index in [1.165, 1.54) is 25.6 Å². The number of rotatable bonds is 2. The van der Waals surface area contributed by atoms with Crippen molar-refractivity contribution < 1.29 is 4.79 Å². The van der Waals surface area contributed by atoms with Gasteiger partial charge in [0.25, 0.3) is 5.91 Å². The van der Waals surface area contributed by atoms with E-state index in [0.29, 0.717) is 17.7 Å². The third kappa shape index (κ3) is 3.24. The molecule has 1 aliphatic heterocycles. The van der Waals surface area contributed by atoms with Gasteiger partial charge in [-0.15, -0.1) is 0 Å². The van der Waals surface area contributed by atoms with Gasteiger partial charge in [0.05, 0.1) is 11.6 Å². The number of amides is 1. The van der Waals surface area contributed by atoms with Crippen LogP contribution in [0.3, 0.4) is 0 Å². The lowest BCUT2D eigenvalue weighted by Gasteiger charge is -2.19. The van der Waals surface area contributed by atoms with Crippen LogP contribution < -0.4 is 5.32 Å². The summed E-state index contributed by atoms with van der Waals surface area (Å²) in [6.45, 7) is 0. The topological polar surface area (TPSA) is 70.5 Å². The summed E-state index contributed by atoms with van der Waals surface area (Å²) in [7, 11) is 1.77. The molecular formula is C19H21N5O. The fraction of sp³-hybridized carbons (Fsp3) is 0.368. The number of fused-ring (bicyclic) bond motifs is 1. The highest BCUT2D eigenvalue weighted by molar-refractivity contribution is 6.15. The number of guanidine groups is 1. The van der Waals surface area contributed by atoms with Gasteiger partial charge in [-0.05, 0) is 36.6 Å². The molecule has 2 fully saturated rings. The second-order valence-electron chi connectivity index (χ2n) is 6.63. The molecule has 2 aromatic rings. The zero-order valence-electron chi connectivity index (χ0n) is 14.3. The molecule has 1 amide bonds. The number of carbonyl (C=O) groups excluding carboxylic acids is 1. The van der Waals surface area contributed by atoms with Crippen molar-refractivity contribution in [3.05, 3.63) is 42.0 Å². The SMILES string of the molecule is CN1C(=O)/C(=C/c2ccc3ncncc3c2)NC1=NC1CCCCC1. The molecule has 4 rings (SSSR count). The number of nitrogens with zero attached hydrogens (tertiary/aromatic N) is 4. The molecule has 0 bridgehead atoms. The quantitative estimate of drug-likeness (QED) is 0.857. The minimum Gasteiger partial charge on any atom is -0.321 e. The number of aliphatic imine (C=N–C) groups is 1. The van der Waals surface area contributed by atoms with Crippen LogP contribution in [-0.4, -0.2) is 39.8 Å². The van der Waals surface area contributed by atoms with E-state index in [9.17, 15) is 4.79 Å². The molecule has 1 saturated heterocycles. The molecule has 0 unspecified atom stereocenters. The van der Waals surface area contributed by atoms with Crippen LogP contribution in [0.25, 0.3) is 17.0 Å². The predicted octanol–water partition coefficient (Wildman–Crippen LogP) is 2.72. The molecule has 0 atom stereocenters. The highest BCUT2D eigenvalue weighted by atomic mass is 16.2. The van der Waals surface area contributed by atoms with Gasteiger partial charge in [0.2, 0.25) is 5.96 Å². The van der Waals surface area contributed by atoms with E-state index >= 15 is 0 Å². The van der Waals surface area contributed by atoms with Gasteiger partial charge in [-0.3, -0.25) is 9.69 Å². The molecule has 0 spiro atoms. The minimum atomic E-state index is -0.0565. The highest BCUT2D eigenvalue weighted by Crippen LogP contribution is 2.22. The van der Waals surface area contributed by atoms with Crippen LogP contribution >= 0.6 is 0 Å². The average Bonchev–Trinajstić information content (AvgIpc) is 2.90. The number of aromatic nitrogens is 2. The number of carbonyl (C=O) groups is 1. The first kappa shape index (κ1) is 15.7. The minimum absolute atomic E-state index is 0.0565. The maximum atomic E-state index is 12.5. The lowest BCUT2D eigenvalue weighted by molar-refractivity contribution is -0.121. The molecule has 1 saturated carbocycles. The van der Waals surface area contributed by atoms with Crippen molar-refractivity contribution in [2.24, 2.45) is 4.99 Å². The Morgan fingerprint density at radius 1 is 1.28 bits per heavy atom. The normalized spacial score (nSPS) is 22.1. The Morgan fingerprint density at radius 3 is 2.96 bits per heavy atom. The average molecular weight is 335 g/mol. The Balaban J connectivity index is 1.59. The molecule has 6 heteroatoms. The fourth-order valence-electron chi connectivity index (χ4n) is 3.39. The van der Waals surface area contributed by atoms with Crippen molar-refractivity contribution >= 4 is 28.8 Å². The molecule has 0 radical (unpaired) electrons. The Morgan fingerprint density at radius 2 is 2.12 bits per heavy atom. The van der Waals surface area contributed by atoms with Crippen molar-refractivity contribution in [3.63, 3.8) is 0 Å². The third-order valence-corrected chi connectivity index (χ3v) is 4.82. The first-order valence-electron chi connectivity index (χ1n) is 8.75. The molecule has 25 heavy (non-hydrogen) atoms. The van der Waals surface area contributed by atoms with Crippen LogP contribution in [0.4, 0.5) is 0 Å². The van der Waals surface area contributed by atoms with Crippen LogP contribution in [0.1, 0.15) is 37.7 Å². The second-order valence-corrected chi connectivity index (χ2v) is 6.63. The van der Waals surface area contributed by atoms with Crippen LogP contribution in [0.5, 0.6) is 0 Å². The van der Waals surface area contributed by atoms with Crippen molar-refractivity contribution in [3.8, 4) is 0 Å². The molecule has 1 aromatic heterocycles. The largest absolute Gasteiger partial charge is 0.321 e. The van der Waals surface area contributed by atoms with Crippen molar-refractivity contribution in [2.75, 3.05) is 7.05 Å². The van der Waals surface area contributed by atoms with Gasteiger partial charge in [-0.25, -0.2) is 15.0 Å². The summed E-state index contributed by atoms with van der Waals surface area (Å²) in [5.41, 5.74) is 2.37. The van der Waals surface area contributed by atoms with Crippen LogP contribution in [0, 0.1) is 0 Å². The van der Waals surface area contributed by atoms with Gasteiger partial charge in [0.15, 0.2) is 0 Å². The molecule has 6 nitrogen and oxygen atoms in total. The van der Waals surface area contributed by atoms with Gasteiger partial charge in [-0.1, -0.05) is 25.3 Å². The fourth-order valence-corrected chi connectivity index (χ4v) is 3.39. The molecule has 1 aliphatic carbocycles. The van der Waals surface area contributed by atoms with E-state index in [-0.39, 0.29) is 5.91 Å². The summed E-state index contributed by atoms with van der Waals surface area (Å²) in [5.74, 6) is 0.603. The highest BCUT2D eigenvalue weighted by Gasteiger charge is 2.29. The number of nitrogens with one attached hydrogen (secondary N) is 1. The maximum absolute atomic E-state index is 12.5. The standard InChI is InChI=1S/C19H21N5O/c1-24-18(25)17(23-19(24)22-15-5-3-2-4-6-15)10-13-7-8-16-14(9-13)11-20-12-21-16/h7-12,15H,2-6H2,1H3,(H,22,23)/b17-10-. The van der Waals surface area contributed by atoms with Gasteiger partial charge in [-0.2, -0.15) is 0 Å². The summed E-state index contributed by atoms with van der Waals surface area (Å²) in [5, 5.41) is 4.14. The van der Waals surface area contributed by atoms with Crippen molar-refractivity contribution in [1.29, 1.82) is 0 Å². The summed E-state index contributed by atoms with van der Waals surface area (Å²) >= 11 is 0. The Bertz CT molecular complexity index is 867. The van der Waals surface area contributed by atoms with Crippen LogP contribution in [0.15, 0.2) is 41.4 Å². The molecule has 2 aliphatic rings. The van der Waals surface area contributed by atoms with Crippen molar-refractivity contribution in [2.45, 2.75) is 38.1 Å². The summed E-state index contributed by atoms with van der Waals surface area (Å²) in [6.07, 6.45) is 11.1. The zero-order valence-corrected chi connectivity index (χ0v) is 14.3. The molecule has 128 valence electrons. The first-order valence-corrected chi connectivity index (χ1v) is 8.75. The zero-order chi connectivity index (χ0) is 17.2. The van der Waals surface area contributed by atoms with E-state index < -0.39 is 0 Å².